The predicted octanol–water partition coefficient (Wildman–Crippen LogP) is 2.78. The summed E-state index contributed by atoms with van der Waals surface area (Å²) in [6, 6.07) is 14.5. The van der Waals surface area contributed by atoms with Crippen molar-refractivity contribution in [3.63, 3.8) is 0 Å². The van der Waals surface area contributed by atoms with Crippen LogP contribution in [0.5, 0.6) is 5.75 Å². The van der Waals surface area contributed by atoms with Gasteiger partial charge in [0.25, 0.3) is 10.0 Å². The van der Waals surface area contributed by atoms with Crippen molar-refractivity contribution in [3.05, 3.63) is 84.1 Å². The summed E-state index contributed by atoms with van der Waals surface area (Å²) in [7, 11) is -2.79. The number of esters is 1. The van der Waals surface area contributed by atoms with E-state index in [0.717, 1.165) is 11.8 Å². The summed E-state index contributed by atoms with van der Waals surface area (Å²) in [5.74, 6) is -0.248. The molecule has 0 bridgehead atoms. The highest BCUT2D eigenvalue weighted by molar-refractivity contribution is 7.89. The van der Waals surface area contributed by atoms with Crippen molar-refractivity contribution in [3.8, 4) is 5.75 Å². The van der Waals surface area contributed by atoms with Gasteiger partial charge >= 0.3 is 12.1 Å². The van der Waals surface area contributed by atoms with E-state index < -0.39 is 22.1 Å². The lowest BCUT2D eigenvalue weighted by Crippen LogP contribution is -2.45. The molecule has 1 heterocycles. The van der Waals surface area contributed by atoms with Crippen molar-refractivity contribution >= 4 is 22.1 Å². The molecule has 2 aromatic carbocycles. The summed E-state index contributed by atoms with van der Waals surface area (Å²) in [6.07, 6.45) is 1.96. The van der Waals surface area contributed by atoms with Crippen LogP contribution in [0.3, 0.4) is 0 Å². The summed E-state index contributed by atoms with van der Waals surface area (Å²) in [5, 5.41) is 10.0. The maximum atomic E-state index is 13.0. The molecule has 31 heavy (non-hydrogen) atoms. The van der Waals surface area contributed by atoms with Gasteiger partial charge in [-0.25, -0.2) is 23.0 Å². The topological polar surface area (TPSA) is 113 Å². The number of carbonyl (C=O) groups excluding carboxylic acids is 1. The highest BCUT2D eigenvalue weighted by atomic mass is 32.2. The molecule has 1 aliphatic heterocycles. The zero-order valence-electron chi connectivity index (χ0n) is 16.5. The van der Waals surface area contributed by atoms with Gasteiger partial charge in [-0.15, -0.1) is 0 Å². The summed E-state index contributed by atoms with van der Waals surface area (Å²) in [4.78, 5) is 24.0. The quantitative estimate of drug-likeness (QED) is 0.682. The van der Waals surface area contributed by atoms with Crippen molar-refractivity contribution in [1.82, 2.24) is 9.42 Å². The van der Waals surface area contributed by atoms with E-state index in [0.29, 0.717) is 15.2 Å². The third-order valence-corrected chi connectivity index (χ3v) is 6.13. The van der Waals surface area contributed by atoms with Crippen LogP contribution in [0, 0.1) is 0 Å². The normalized spacial score (nSPS) is 14.5. The molecule has 3 rings (SSSR count). The van der Waals surface area contributed by atoms with Gasteiger partial charge in [-0.3, -0.25) is 0 Å². The lowest BCUT2D eigenvalue weighted by atomic mass is 10.2. The van der Waals surface area contributed by atoms with Gasteiger partial charge in [0, 0.05) is 6.20 Å². The van der Waals surface area contributed by atoms with Crippen LogP contribution in [-0.4, -0.2) is 48.7 Å². The summed E-state index contributed by atoms with van der Waals surface area (Å²) < 4.78 is 37.0. The van der Waals surface area contributed by atoms with E-state index in [1.165, 1.54) is 43.5 Å². The molecule has 10 heteroatoms. The number of ether oxygens (including phenoxy) is 2. The van der Waals surface area contributed by atoms with Crippen LogP contribution in [0.1, 0.15) is 5.56 Å². The van der Waals surface area contributed by atoms with Gasteiger partial charge in [0.2, 0.25) is 0 Å². The highest BCUT2D eigenvalue weighted by Crippen LogP contribution is 2.23. The van der Waals surface area contributed by atoms with Crippen LogP contribution in [0.25, 0.3) is 0 Å². The Bertz CT molecular complexity index is 1110. The molecule has 0 spiro atoms. The zero-order valence-corrected chi connectivity index (χ0v) is 17.4. The second kappa shape index (κ2) is 9.45. The average molecular weight is 444 g/mol. The number of hydrogen-bond donors (Lipinski definition) is 1. The molecule has 1 N–H and O–H groups in total. The van der Waals surface area contributed by atoms with E-state index in [1.54, 1.807) is 24.3 Å². The molecule has 0 atom stereocenters. The first-order chi connectivity index (χ1) is 14.8. The number of sulfonamides is 1. The van der Waals surface area contributed by atoms with E-state index in [-0.39, 0.29) is 23.6 Å². The van der Waals surface area contributed by atoms with E-state index in [9.17, 15) is 23.1 Å². The Morgan fingerprint density at radius 1 is 1.06 bits per heavy atom. The standard InChI is InChI=1S/C21H20N2O7S/c1-29-18-7-9-19(10-8-18)31(27,28)23-14-12-17(11-13-22(23)21(25)26)20(24)30-15-16-5-3-2-4-6-16/h2-13H,14-15H2,1H3,(H,25,26). The maximum absolute atomic E-state index is 13.0. The Hall–Kier alpha value is -3.63. The first kappa shape index (κ1) is 22.1. The number of hydrogen-bond acceptors (Lipinski definition) is 6. The minimum absolute atomic E-state index is 0.0291. The van der Waals surface area contributed by atoms with Crippen LogP contribution in [0.2, 0.25) is 0 Å². The van der Waals surface area contributed by atoms with Gasteiger partial charge < -0.3 is 14.6 Å². The lowest BCUT2D eigenvalue weighted by molar-refractivity contribution is -0.139. The van der Waals surface area contributed by atoms with Crippen LogP contribution in [0.15, 0.2) is 83.4 Å². The number of benzene rings is 2. The second-order valence-corrected chi connectivity index (χ2v) is 8.19. The van der Waals surface area contributed by atoms with E-state index in [1.807, 2.05) is 6.07 Å². The highest BCUT2D eigenvalue weighted by Gasteiger charge is 2.33. The number of rotatable bonds is 6. The summed E-state index contributed by atoms with van der Waals surface area (Å²) in [5.41, 5.74) is 0.819. The minimum Gasteiger partial charge on any atom is -0.497 e. The van der Waals surface area contributed by atoms with E-state index >= 15 is 0 Å². The second-order valence-electron chi connectivity index (χ2n) is 6.35. The Kier molecular flexibility index (Phi) is 6.73. The maximum Gasteiger partial charge on any atom is 0.427 e. The third-order valence-electron chi connectivity index (χ3n) is 4.38. The molecular weight excluding hydrogens is 424 g/mol. The van der Waals surface area contributed by atoms with Gasteiger partial charge in [0.15, 0.2) is 0 Å². The Balaban J connectivity index is 1.83. The smallest absolute Gasteiger partial charge is 0.427 e. The van der Waals surface area contributed by atoms with Crippen LogP contribution < -0.4 is 4.74 Å². The van der Waals surface area contributed by atoms with Crippen molar-refractivity contribution in [2.75, 3.05) is 13.7 Å². The molecule has 1 amide bonds. The fraction of sp³-hybridized carbons (Fsp3) is 0.143. The molecule has 162 valence electrons. The van der Waals surface area contributed by atoms with Crippen molar-refractivity contribution < 1.29 is 32.6 Å². The van der Waals surface area contributed by atoms with Crippen molar-refractivity contribution in [2.24, 2.45) is 0 Å². The van der Waals surface area contributed by atoms with Gasteiger partial charge in [-0.1, -0.05) is 40.8 Å². The van der Waals surface area contributed by atoms with Crippen LogP contribution in [-0.2, 0) is 26.2 Å². The Morgan fingerprint density at radius 2 is 1.74 bits per heavy atom. The molecule has 0 aliphatic carbocycles. The Labute approximate surface area is 179 Å². The number of carbonyl (C=O) groups is 2. The third kappa shape index (κ3) is 5.11. The number of nitrogens with zero attached hydrogens (tertiary/aromatic N) is 2. The first-order valence-electron chi connectivity index (χ1n) is 9.11. The van der Waals surface area contributed by atoms with Crippen LogP contribution in [0.4, 0.5) is 4.79 Å². The Morgan fingerprint density at radius 3 is 2.35 bits per heavy atom. The molecule has 2 aromatic rings. The lowest BCUT2D eigenvalue weighted by Gasteiger charge is -2.27. The molecule has 0 saturated heterocycles. The monoisotopic (exact) mass is 444 g/mol. The molecule has 0 unspecified atom stereocenters. The molecule has 0 saturated carbocycles. The summed E-state index contributed by atoms with van der Waals surface area (Å²) >= 11 is 0. The van der Waals surface area contributed by atoms with Crippen molar-refractivity contribution in [1.29, 1.82) is 0 Å². The molecule has 1 aliphatic rings. The largest absolute Gasteiger partial charge is 0.497 e. The molecule has 0 radical (unpaired) electrons. The zero-order chi connectivity index (χ0) is 22.4. The molecule has 0 aromatic heterocycles. The average Bonchev–Trinajstić information content (AvgIpc) is 3.02. The van der Waals surface area contributed by atoms with Gasteiger partial charge in [0.1, 0.15) is 12.4 Å². The minimum atomic E-state index is -4.23. The first-order valence-corrected chi connectivity index (χ1v) is 10.5. The predicted molar refractivity (Wildman–Crippen MR) is 110 cm³/mol. The van der Waals surface area contributed by atoms with Crippen LogP contribution >= 0.6 is 0 Å². The van der Waals surface area contributed by atoms with Crippen molar-refractivity contribution in [2.45, 2.75) is 11.5 Å². The number of methoxy groups -OCH3 is 1. The molecule has 9 nitrogen and oxygen atoms in total. The summed E-state index contributed by atoms with van der Waals surface area (Å²) in [6.45, 7) is -0.356. The molecule has 0 fully saturated rings. The number of amides is 1. The van der Waals surface area contributed by atoms with Gasteiger partial charge in [-0.05, 0) is 35.9 Å². The van der Waals surface area contributed by atoms with Gasteiger partial charge in [-0.2, -0.15) is 0 Å². The molecular formula is C21H20N2O7S. The fourth-order valence-electron chi connectivity index (χ4n) is 2.76. The number of carboxylic acid groups (broad SMARTS) is 1. The van der Waals surface area contributed by atoms with E-state index in [2.05, 4.69) is 0 Å². The van der Waals surface area contributed by atoms with E-state index in [4.69, 9.17) is 9.47 Å². The SMILES string of the molecule is COc1ccc(S(=O)(=O)N2CC=C(C(=O)OCc3ccccc3)C=CN2C(=O)O)cc1. The fourth-order valence-corrected chi connectivity index (χ4v) is 4.11. The van der Waals surface area contributed by atoms with Gasteiger partial charge in [0.05, 0.1) is 24.1 Å². The number of hydrazine groups is 1.